The normalized spacial score (nSPS) is 12.5. The molecule has 60 heavy (non-hydrogen) atoms. The Morgan fingerprint density at radius 3 is 1.42 bits per heavy atom. The monoisotopic (exact) mass is 763 g/mol. The van der Waals surface area contributed by atoms with E-state index in [1.54, 1.807) is 0 Å². The van der Waals surface area contributed by atoms with E-state index in [9.17, 15) is 0 Å². The summed E-state index contributed by atoms with van der Waals surface area (Å²) in [6.45, 7) is 0. The molecule has 0 aliphatic heterocycles. The van der Waals surface area contributed by atoms with Gasteiger partial charge < -0.3 is 4.90 Å². The van der Waals surface area contributed by atoms with E-state index in [0.29, 0.717) is 0 Å². The molecule has 0 heterocycles. The van der Waals surface area contributed by atoms with Gasteiger partial charge in [0.1, 0.15) is 0 Å². The molecule has 0 atom stereocenters. The van der Waals surface area contributed by atoms with E-state index >= 15 is 0 Å². The lowest BCUT2D eigenvalue weighted by Crippen LogP contribution is -2.28. The SMILES string of the molecule is c1ccc(N(c2ccc(-c3cccc(-c4ccc5ccccc5c4)c3)cc2)c2ccc(-c3cccc4c3-c3ccccc3C4(c3ccccc3)c3ccccc3)cc2)cc1. The van der Waals surface area contributed by atoms with Crippen LogP contribution in [-0.4, -0.2) is 0 Å². The van der Waals surface area contributed by atoms with Crippen molar-refractivity contribution >= 4 is 27.8 Å². The Morgan fingerprint density at radius 2 is 0.733 bits per heavy atom. The number of rotatable bonds is 8. The molecule has 0 fully saturated rings. The molecular weight excluding hydrogens is 723 g/mol. The van der Waals surface area contributed by atoms with Gasteiger partial charge in [-0.25, -0.2) is 0 Å². The fourth-order valence-electron chi connectivity index (χ4n) is 9.60. The van der Waals surface area contributed by atoms with Crippen LogP contribution in [0.3, 0.4) is 0 Å². The lowest BCUT2D eigenvalue weighted by Gasteiger charge is -2.34. The minimum atomic E-state index is -0.432. The minimum Gasteiger partial charge on any atom is -0.311 e. The first kappa shape index (κ1) is 35.4. The van der Waals surface area contributed by atoms with E-state index in [4.69, 9.17) is 0 Å². The average Bonchev–Trinajstić information content (AvgIpc) is 3.64. The Bertz CT molecular complexity index is 3070. The highest BCUT2D eigenvalue weighted by Crippen LogP contribution is 2.58. The van der Waals surface area contributed by atoms with Crippen molar-refractivity contribution in [2.24, 2.45) is 0 Å². The highest BCUT2D eigenvalue weighted by atomic mass is 15.1. The van der Waals surface area contributed by atoms with Gasteiger partial charge in [-0.15, -0.1) is 0 Å². The number of fused-ring (bicyclic) bond motifs is 4. The Hall–Kier alpha value is -7.74. The Balaban J connectivity index is 0.968. The van der Waals surface area contributed by atoms with Crippen LogP contribution in [0.4, 0.5) is 17.1 Å². The van der Waals surface area contributed by atoms with E-state index in [2.05, 4.69) is 254 Å². The van der Waals surface area contributed by atoms with Crippen LogP contribution in [0.1, 0.15) is 22.3 Å². The maximum absolute atomic E-state index is 2.35. The molecule has 0 radical (unpaired) electrons. The highest BCUT2D eigenvalue weighted by Gasteiger charge is 2.46. The summed E-state index contributed by atoms with van der Waals surface area (Å²) in [6.07, 6.45) is 0. The highest BCUT2D eigenvalue weighted by molar-refractivity contribution is 5.96. The number of hydrogen-bond donors (Lipinski definition) is 0. The molecule has 0 saturated carbocycles. The summed E-state index contributed by atoms with van der Waals surface area (Å²) in [5, 5.41) is 2.51. The molecule has 0 spiro atoms. The van der Waals surface area contributed by atoms with Crippen molar-refractivity contribution in [3.05, 3.63) is 271 Å². The van der Waals surface area contributed by atoms with E-state index in [1.807, 2.05) is 0 Å². The molecule has 10 aromatic carbocycles. The molecule has 0 aromatic heterocycles. The molecule has 0 unspecified atom stereocenters. The van der Waals surface area contributed by atoms with E-state index in [0.717, 1.165) is 17.1 Å². The molecule has 10 aromatic rings. The number of hydrogen-bond acceptors (Lipinski definition) is 1. The average molecular weight is 764 g/mol. The quantitative estimate of drug-likeness (QED) is 0.149. The zero-order valence-electron chi connectivity index (χ0n) is 33.1. The predicted molar refractivity (Wildman–Crippen MR) is 252 cm³/mol. The Labute approximate surface area is 352 Å². The largest absolute Gasteiger partial charge is 0.311 e. The summed E-state index contributed by atoms with van der Waals surface area (Å²) in [4.78, 5) is 2.35. The van der Waals surface area contributed by atoms with Gasteiger partial charge in [0.2, 0.25) is 0 Å². The van der Waals surface area contributed by atoms with Gasteiger partial charge in [-0.3, -0.25) is 0 Å². The smallest absolute Gasteiger partial charge is 0.0713 e. The van der Waals surface area contributed by atoms with Crippen LogP contribution in [0.25, 0.3) is 55.3 Å². The third-order valence-electron chi connectivity index (χ3n) is 12.3. The molecule has 282 valence electrons. The molecule has 0 saturated heterocycles. The fraction of sp³-hybridized carbons (Fsp3) is 0.0169. The zero-order chi connectivity index (χ0) is 39.9. The summed E-state index contributed by atoms with van der Waals surface area (Å²) in [5.41, 5.74) is 17.9. The lowest BCUT2D eigenvalue weighted by atomic mass is 9.67. The van der Waals surface area contributed by atoms with Crippen LogP contribution in [0.5, 0.6) is 0 Å². The molecule has 1 heteroatoms. The predicted octanol–water partition coefficient (Wildman–Crippen LogP) is 15.7. The van der Waals surface area contributed by atoms with Crippen LogP contribution in [0, 0.1) is 0 Å². The van der Waals surface area contributed by atoms with Crippen molar-refractivity contribution in [1.82, 2.24) is 0 Å². The first-order chi connectivity index (χ1) is 29.8. The molecule has 0 N–H and O–H groups in total. The zero-order valence-corrected chi connectivity index (χ0v) is 33.1. The first-order valence-corrected chi connectivity index (χ1v) is 20.8. The van der Waals surface area contributed by atoms with Gasteiger partial charge in [-0.2, -0.15) is 0 Å². The van der Waals surface area contributed by atoms with Crippen molar-refractivity contribution in [1.29, 1.82) is 0 Å². The van der Waals surface area contributed by atoms with Gasteiger partial charge >= 0.3 is 0 Å². The molecule has 0 amide bonds. The van der Waals surface area contributed by atoms with E-state index in [1.165, 1.54) is 77.5 Å². The van der Waals surface area contributed by atoms with Gasteiger partial charge in [0.05, 0.1) is 5.41 Å². The molecule has 1 nitrogen and oxygen atoms in total. The van der Waals surface area contributed by atoms with Gasteiger partial charge in [-0.05, 0) is 126 Å². The third-order valence-corrected chi connectivity index (χ3v) is 12.3. The van der Waals surface area contributed by atoms with Crippen molar-refractivity contribution < 1.29 is 0 Å². The van der Waals surface area contributed by atoms with Gasteiger partial charge in [-0.1, -0.05) is 200 Å². The van der Waals surface area contributed by atoms with Crippen LogP contribution in [0.15, 0.2) is 249 Å². The van der Waals surface area contributed by atoms with Crippen molar-refractivity contribution in [2.75, 3.05) is 4.90 Å². The van der Waals surface area contributed by atoms with Crippen LogP contribution >= 0.6 is 0 Å². The van der Waals surface area contributed by atoms with Gasteiger partial charge in [0, 0.05) is 17.1 Å². The summed E-state index contributed by atoms with van der Waals surface area (Å²) in [7, 11) is 0. The van der Waals surface area contributed by atoms with Crippen LogP contribution in [0.2, 0.25) is 0 Å². The van der Waals surface area contributed by atoms with Gasteiger partial charge in [0.25, 0.3) is 0 Å². The summed E-state index contributed by atoms with van der Waals surface area (Å²) in [6, 6.07) is 90.8. The fourth-order valence-corrected chi connectivity index (χ4v) is 9.60. The molecule has 1 aliphatic carbocycles. The van der Waals surface area contributed by atoms with Gasteiger partial charge in [0.15, 0.2) is 0 Å². The maximum Gasteiger partial charge on any atom is 0.0713 e. The number of para-hydroxylation sites is 1. The van der Waals surface area contributed by atoms with Crippen LogP contribution < -0.4 is 4.90 Å². The number of benzene rings is 10. The summed E-state index contributed by atoms with van der Waals surface area (Å²) < 4.78 is 0. The standard InChI is InChI=1S/C59H41N/c1-4-20-49(21-5-1)59(50-22-6-2-7-23-50)56-28-13-12-26-55(56)58-54(27-15-29-57(58)59)44-34-38-53(39-35-44)60(51-24-8-3-9-25-51)52-36-32-43(33-37-52)46-18-14-19-47(40-46)48-31-30-42-16-10-11-17-45(42)41-48/h1-41H. The second kappa shape index (κ2) is 14.9. The summed E-state index contributed by atoms with van der Waals surface area (Å²) in [5.74, 6) is 0. The van der Waals surface area contributed by atoms with Crippen molar-refractivity contribution in [2.45, 2.75) is 5.41 Å². The third kappa shape index (κ3) is 5.94. The topological polar surface area (TPSA) is 3.24 Å². The second-order valence-corrected chi connectivity index (χ2v) is 15.7. The molecular formula is C59H41N. The Kier molecular flexibility index (Phi) is 8.79. The van der Waals surface area contributed by atoms with E-state index in [-0.39, 0.29) is 0 Å². The first-order valence-electron chi connectivity index (χ1n) is 20.8. The second-order valence-electron chi connectivity index (χ2n) is 15.7. The van der Waals surface area contributed by atoms with E-state index < -0.39 is 5.41 Å². The number of anilines is 3. The van der Waals surface area contributed by atoms with Crippen molar-refractivity contribution in [3.63, 3.8) is 0 Å². The van der Waals surface area contributed by atoms with Crippen LogP contribution in [-0.2, 0) is 5.41 Å². The minimum absolute atomic E-state index is 0.432. The lowest BCUT2D eigenvalue weighted by molar-refractivity contribution is 0.768. The number of nitrogens with zero attached hydrogens (tertiary/aromatic N) is 1. The molecule has 0 bridgehead atoms. The molecule has 1 aliphatic rings. The Morgan fingerprint density at radius 1 is 0.267 bits per heavy atom. The summed E-state index contributed by atoms with van der Waals surface area (Å²) >= 11 is 0. The molecule has 11 rings (SSSR count). The van der Waals surface area contributed by atoms with Crippen molar-refractivity contribution in [3.8, 4) is 44.5 Å². The maximum atomic E-state index is 2.35.